The van der Waals surface area contributed by atoms with Gasteiger partial charge in [0.15, 0.2) is 0 Å². The summed E-state index contributed by atoms with van der Waals surface area (Å²) in [7, 11) is 0. The normalized spacial score (nSPS) is 24.7. The molecule has 0 unspecified atom stereocenters. The van der Waals surface area contributed by atoms with Gasteiger partial charge in [0.1, 0.15) is 6.10 Å². The Hall–Kier alpha value is -1.95. The van der Waals surface area contributed by atoms with Crippen molar-refractivity contribution in [3.8, 4) is 0 Å². The van der Waals surface area contributed by atoms with E-state index in [2.05, 4.69) is 32.9 Å². The molecule has 6 nitrogen and oxygen atoms in total. The highest BCUT2D eigenvalue weighted by atomic mass is 16.6. The Morgan fingerprint density at radius 1 is 1.28 bits per heavy atom. The van der Waals surface area contributed by atoms with E-state index in [1.807, 2.05) is 32.0 Å². The lowest BCUT2D eigenvalue weighted by molar-refractivity contribution is -0.533. The minimum absolute atomic E-state index is 0.00712. The molecule has 1 fully saturated rings. The smallest absolute Gasteiger partial charge is 0.342 e. The molecule has 1 aliphatic rings. The number of carbonyl (C=O) groups excluding carboxylic acids is 1. The van der Waals surface area contributed by atoms with Crippen LogP contribution in [-0.2, 0) is 14.9 Å². The van der Waals surface area contributed by atoms with Crippen molar-refractivity contribution >= 4 is 5.97 Å². The van der Waals surface area contributed by atoms with Gasteiger partial charge in [0.25, 0.3) is 0 Å². The molecule has 1 saturated carbocycles. The fourth-order valence-corrected chi connectivity index (χ4v) is 4.56. The summed E-state index contributed by atoms with van der Waals surface area (Å²) in [5, 5.41) is 21.8. The highest BCUT2D eigenvalue weighted by molar-refractivity contribution is 5.75. The van der Waals surface area contributed by atoms with E-state index in [1.165, 1.54) is 5.56 Å². The summed E-state index contributed by atoms with van der Waals surface area (Å²) in [6, 6.07) is 8.79. The number of aliphatic hydroxyl groups excluding tert-OH is 1. The topological polar surface area (TPSA) is 89.7 Å². The van der Waals surface area contributed by atoms with E-state index in [9.17, 15) is 20.0 Å². The third-order valence-corrected chi connectivity index (χ3v) is 6.36. The molecule has 29 heavy (non-hydrogen) atoms. The number of hydrogen-bond acceptors (Lipinski definition) is 5. The van der Waals surface area contributed by atoms with Crippen molar-refractivity contribution in [3.63, 3.8) is 0 Å². The second kappa shape index (κ2) is 9.70. The fourth-order valence-electron chi connectivity index (χ4n) is 4.56. The average molecular weight is 406 g/mol. The van der Waals surface area contributed by atoms with Crippen LogP contribution in [0.3, 0.4) is 0 Å². The Bertz CT molecular complexity index is 688. The Kier molecular flexibility index (Phi) is 7.80. The van der Waals surface area contributed by atoms with Crippen LogP contribution in [0, 0.1) is 27.9 Å². The number of nitrogens with zero attached hydrogens (tertiary/aromatic N) is 1. The number of nitro groups is 1. The molecule has 1 aromatic rings. The maximum atomic E-state index is 12.7. The Balaban J connectivity index is 2.20. The quantitative estimate of drug-likeness (QED) is 0.394. The number of ether oxygens (including phenoxy) is 1. The van der Waals surface area contributed by atoms with Crippen LogP contribution in [0.5, 0.6) is 0 Å². The minimum Gasteiger partial charge on any atom is -0.460 e. The maximum Gasteiger partial charge on any atom is 0.342 e. The van der Waals surface area contributed by atoms with Crippen molar-refractivity contribution in [2.24, 2.45) is 17.8 Å². The van der Waals surface area contributed by atoms with E-state index >= 15 is 0 Å². The zero-order chi connectivity index (χ0) is 21.8. The first kappa shape index (κ1) is 23.3. The fraction of sp³-hybridized carbons (Fsp3) is 0.696. The summed E-state index contributed by atoms with van der Waals surface area (Å²) in [5.74, 6) is -0.404. The van der Waals surface area contributed by atoms with Gasteiger partial charge >= 0.3 is 5.97 Å². The van der Waals surface area contributed by atoms with E-state index in [4.69, 9.17) is 4.74 Å². The molecule has 1 N–H and O–H groups in total. The van der Waals surface area contributed by atoms with Gasteiger partial charge in [0.05, 0.1) is 0 Å². The molecule has 0 amide bonds. The van der Waals surface area contributed by atoms with Crippen molar-refractivity contribution < 1.29 is 19.6 Å². The number of carbonyl (C=O) groups is 1. The van der Waals surface area contributed by atoms with Crippen LogP contribution in [0.2, 0.25) is 0 Å². The molecular weight excluding hydrogens is 370 g/mol. The van der Waals surface area contributed by atoms with E-state index in [-0.39, 0.29) is 29.8 Å². The molecule has 162 valence electrons. The van der Waals surface area contributed by atoms with Crippen LogP contribution >= 0.6 is 0 Å². The lowest BCUT2D eigenvalue weighted by atomic mass is 9.64. The lowest BCUT2D eigenvalue weighted by Crippen LogP contribution is -2.47. The molecule has 0 aliphatic heterocycles. The lowest BCUT2D eigenvalue weighted by Gasteiger charge is -2.44. The molecule has 0 aromatic heterocycles. The molecule has 0 saturated heterocycles. The third kappa shape index (κ3) is 5.78. The molecule has 0 spiro atoms. The van der Waals surface area contributed by atoms with Crippen LogP contribution < -0.4 is 0 Å². The summed E-state index contributed by atoms with van der Waals surface area (Å²) in [6.45, 7) is 10.1. The van der Waals surface area contributed by atoms with Crippen LogP contribution in [0.25, 0.3) is 0 Å². The summed E-state index contributed by atoms with van der Waals surface area (Å²) in [5.41, 5.74) is 0.946. The number of benzene rings is 1. The highest BCUT2D eigenvalue weighted by Crippen LogP contribution is 2.43. The molecule has 0 bridgehead atoms. The number of esters is 1. The second-order valence-corrected chi connectivity index (χ2v) is 9.51. The number of aliphatic hydroxyl groups is 1. The van der Waals surface area contributed by atoms with E-state index < -0.39 is 23.0 Å². The zero-order valence-corrected chi connectivity index (χ0v) is 18.2. The Morgan fingerprint density at radius 2 is 1.90 bits per heavy atom. The van der Waals surface area contributed by atoms with Gasteiger partial charge in [-0.2, -0.15) is 0 Å². The second-order valence-electron chi connectivity index (χ2n) is 9.51. The number of hydrogen-bond donors (Lipinski definition) is 1. The van der Waals surface area contributed by atoms with Gasteiger partial charge in [-0.05, 0) is 35.7 Å². The van der Waals surface area contributed by atoms with Gasteiger partial charge in [-0.25, -0.2) is 4.79 Å². The van der Waals surface area contributed by atoms with E-state index in [0.29, 0.717) is 12.3 Å². The van der Waals surface area contributed by atoms with Gasteiger partial charge in [0, 0.05) is 17.3 Å². The van der Waals surface area contributed by atoms with E-state index in [0.717, 1.165) is 12.8 Å². The van der Waals surface area contributed by atoms with Gasteiger partial charge in [-0.1, -0.05) is 71.4 Å². The van der Waals surface area contributed by atoms with Crippen molar-refractivity contribution in [2.45, 2.75) is 84.0 Å². The Morgan fingerprint density at radius 3 is 2.45 bits per heavy atom. The molecule has 0 radical (unpaired) electrons. The highest BCUT2D eigenvalue weighted by Gasteiger charge is 2.44. The van der Waals surface area contributed by atoms with Crippen molar-refractivity contribution in [2.75, 3.05) is 0 Å². The van der Waals surface area contributed by atoms with Crippen molar-refractivity contribution in [3.05, 3.63) is 46.0 Å². The van der Waals surface area contributed by atoms with Crippen LogP contribution in [0.15, 0.2) is 30.3 Å². The number of rotatable bonds is 8. The molecule has 5 atom stereocenters. The first-order valence-corrected chi connectivity index (χ1v) is 10.6. The molecular formula is C23H35NO5. The Labute approximate surface area is 173 Å². The predicted octanol–water partition coefficient (Wildman–Crippen LogP) is 4.36. The van der Waals surface area contributed by atoms with Crippen LogP contribution in [0.1, 0.15) is 65.9 Å². The maximum absolute atomic E-state index is 12.7. The molecule has 6 heteroatoms. The monoisotopic (exact) mass is 405 g/mol. The van der Waals surface area contributed by atoms with Crippen molar-refractivity contribution in [1.29, 1.82) is 0 Å². The third-order valence-electron chi connectivity index (χ3n) is 6.36. The molecule has 0 heterocycles. The first-order chi connectivity index (χ1) is 13.5. The van der Waals surface area contributed by atoms with Gasteiger partial charge in [0.2, 0.25) is 12.1 Å². The minimum atomic E-state index is -1.75. The molecule has 2 rings (SSSR count). The van der Waals surface area contributed by atoms with Gasteiger partial charge < -0.3 is 9.84 Å². The van der Waals surface area contributed by atoms with E-state index in [1.54, 1.807) is 0 Å². The standard InChI is InChI=1S/C23H35NO5/c1-15(2)13-19(24(27)28)21(25)22(26)29-20-14-16(3)11-12-18(20)23(4,5)17-9-7-6-8-10-17/h6-10,15-16,18-21,25H,11-14H2,1-5H3/t16-,18-,19+,20-,21+/m1/s1. The largest absolute Gasteiger partial charge is 0.460 e. The predicted molar refractivity (Wildman–Crippen MR) is 112 cm³/mol. The summed E-state index contributed by atoms with van der Waals surface area (Å²) in [6.07, 6.45) is 0.660. The van der Waals surface area contributed by atoms with Gasteiger partial charge in [-0.15, -0.1) is 0 Å². The summed E-state index contributed by atoms with van der Waals surface area (Å²) in [4.78, 5) is 23.5. The van der Waals surface area contributed by atoms with Crippen LogP contribution in [-0.4, -0.2) is 34.2 Å². The zero-order valence-electron chi connectivity index (χ0n) is 18.2. The summed E-state index contributed by atoms with van der Waals surface area (Å²) >= 11 is 0. The SMILES string of the molecule is CC(C)C[C@@H]([C@H](O)C(=O)O[C@@H]1C[C@H](C)CC[C@H]1C(C)(C)c1ccccc1)[N+](=O)[O-]. The van der Waals surface area contributed by atoms with Gasteiger partial charge in [-0.3, -0.25) is 10.1 Å². The first-order valence-electron chi connectivity index (χ1n) is 10.6. The molecule has 1 aromatic carbocycles. The van der Waals surface area contributed by atoms with Crippen molar-refractivity contribution in [1.82, 2.24) is 0 Å². The van der Waals surface area contributed by atoms with Crippen LogP contribution in [0.4, 0.5) is 0 Å². The average Bonchev–Trinajstić information content (AvgIpc) is 2.65. The molecule has 1 aliphatic carbocycles. The summed E-state index contributed by atoms with van der Waals surface area (Å²) < 4.78 is 5.76.